The average molecular weight is 249 g/mol. The largest absolute Gasteiger partial charge is 0.496 e. The molecule has 0 atom stereocenters. The highest BCUT2D eigenvalue weighted by Crippen LogP contribution is 2.18. The second-order valence-electron chi connectivity index (χ2n) is 3.91. The fraction of sp³-hybridized carbons (Fsp3) is 0.357. The number of nitrogens with zero attached hydrogens (tertiary/aromatic N) is 1. The fourth-order valence-electron chi connectivity index (χ4n) is 1.51. The summed E-state index contributed by atoms with van der Waals surface area (Å²) in [6.45, 7) is 0.638. The van der Waals surface area contributed by atoms with Crippen LogP contribution in [0.25, 0.3) is 6.08 Å². The molecule has 0 aromatic heterocycles. The summed E-state index contributed by atoms with van der Waals surface area (Å²) in [5, 5.41) is 8.70. The van der Waals surface area contributed by atoms with Crippen LogP contribution in [-0.4, -0.2) is 43.2 Å². The first-order valence-electron chi connectivity index (χ1n) is 5.86. The molecule has 1 aromatic rings. The maximum Gasteiger partial charge on any atom is 0.246 e. The number of aliphatic hydroxyl groups excluding tert-OH is 1. The van der Waals surface area contributed by atoms with Crippen LogP contribution >= 0.6 is 0 Å². The Bertz CT molecular complexity index is 415. The van der Waals surface area contributed by atoms with Gasteiger partial charge in [-0.3, -0.25) is 4.79 Å². The van der Waals surface area contributed by atoms with Gasteiger partial charge in [-0.25, -0.2) is 0 Å². The number of carbonyl (C=O) groups is 1. The molecule has 1 N–H and O–H groups in total. The van der Waals surface area contributed by atoms with Gasteiger partial charge in [0, 0.05) is 31.8 Å². The highest BCUT2D eigenvalue weighted by atomic mass is 16.5. The van der Waals surface area contributed by atoms with E-state index in [1.165, 1.54) is 6.08 Å². The van der Waals surface area contributed by atoms with Gasteiger partial charge in [-0.2, -0.15) is 0 Å². The Balaban J connectivity index is 2.65. The van der Waals surface area contributed by atoms with E-state index in [2.05, 4.69) is 0 Å². The van der Waals surface area contributed by atoms with Crippen LogP contribution in [0.4, 0.5) is 0 Å². The van der Waals surface area contributed by atoms with E-state index in [-0.39, 0.29) is 12.5 Å². The zero-order valence-electron chi connectivity index (χ0n) is 10.8. The summed E-state index contributed by atoms with van der Waals surface area (Å²) >= 11 is 0. The minimum atomic E-state index is -0.0886. The second-order valence-corrected chi connectivity index (χ2v) is 3.91. The van der Waals surface area contributed by atoms with Crippen LogP contribution in [0, 0.1) is 0 Å². The van der Waals surface area contributed by atoms with Gasteiger partial charge >= 0.3 is 0 Å². The molecule has 0 aliphatic rings. The Morgan fingerprint density at radius 2 is 2.17 bits per heavy atom. The first kappa shape index (κ1) is 14.3. The van der Waals surface area contributed by atoms with Crippen molar-refractivity contribution >= 4 is 12.0 Å². The number of para-hydroxylation sites is 1. The molecule has 1 rings (SSSR count). The van der Waals surface area contributed by atoms with Crippen LogP contribution in [0.5, 0.6) is 5.75 Å². The van der Waals surface area contributed by atoms with Crippen molar-refractivity contribution in [2.24, 2.45) is 0 Å². The lowest BCUT2D eigenvalue weighted by molar-refractivity contribution is -0.124. The first-order chi connectivity index (χ1) is 8.69. The lowest BCUT2D eigenvalue weighted by Crippen LogP contribution is -2.26. The van der Waals surface area contributed by atoms with Crippen molar-refractivity contribution in [3.8, 4) is 5.75 Å². The molecule has 0 spiro atoms. The number of amides is 1. The topological polar surface area (TPSA) is 49.8 Å². The lowest BCUT2D eigenvalue weighted by atomic mass is 10.2. The summed E-state index contributed by atoms with van der Waals surface area (Å²) in [7, 11) is 3.31. The summed E-state index contributed by atoms with van der Waals surface area (Å²) in [4.78, 5) is 13.3. The fourth-order valence-corrected chi connectivity index (χ4v) is 1.51. The zero-order chi connectivity index (χ0) is 13.4. The van der Waals surface area contributed by atoms with Crippen LogP contribution in [0.3, 0.4) is 0 Å². The Labute approximate surface area is 107 Å². The van der Waals surface area contributed by atoms with Gasteiger partial charge in [-0.1, -0.05) is 18.2 Å². The van der Waals surface area contributed by atoms with Gasteiger partial charge in [0.1, 0.15) is 5.75 Å². The van der Waals surface area contributed by atoms with E-state index in [1.54, 1.807) is 25.1 Å². The minimum absolute atomic E-state index is 0.0886. The molecule has 98 valence electrons. The van der Waals surface area contributed by atoms with E-state index in [1.807, 2.05) is 24.3 Å². The van der Waals surface area contributed by atoms with Gasteiger partial charge in [0.05, 0.1) is 7.11 Å². The van der Waals surface area contributed by atoms with Crippen molar-refractivity contribution in [1.29, 1.82) is 0 Å². The number of rotatable bonds is 6. The van der Waals surface area contributed by atoms with Gasteiger partial charge in [0.2, 0.25) is 5.91 Å². The monoisotopic (exact) mass is 249 g/mol. The summed E-state index contributed by atoms with van der Waals surface area (Å²) < 4.78 is 5.19. The van der Waals surface area contributed by atoms with Crippen molar-refractivity contribution in [2.45, 2.75) is 6.42 Å². The maximum atomic E-state index is 11.7. The highest BCUT2D eigenvalue weighted by molar-refractivity contribution is 5.91. The number of hydrogen-bond acceptors (Lipinski definition) is 3. The van der Waals surface area contributed by atoms with Crippen molar-refractivity contribution in [3.63, 3.8) is 0 Å². The number of methoxy groups -OCH3 is 1. The summed E-state index contributed by atoms with van der Waals surface area (Å²) in [5.74, 6) is 0.647. The number of likely N-dealkylation sites (N-methyl/N-ethyl adjacent to an activating group) is 1. The van der Waals surface area contributed by atoms with Gasteiger partial charge in [0.15, 0.2) is 0 Å². The van der Waals surface area contributed by atoms with Crippen molar-refractivity contribution in [2.75, 3.05) is 27.3 Å². The molecule has 0 bridgehead atoms. The SMILES string of the molecule is COc1ccccc1/C=C/C(=O)N(C)CCCO. The first-order valence-corrected chi connectivity index (χ1v) is 5.86. The predicted octanol–water partition coefficient (Wildman–Crippen LogP) is 1.55. The third-order valence-corrected chi connectivity index (χ3v) is 2.57. The summed E-state index contributed by atoms with van der Waals surface area (Å²) in [5.41, 5.74) is 0.865. The number of hydrogen-bond donors (Lipinski definition) is 1. The van der Waals surface area contributed by atoms with Gasteiger partial charge in [0.25, 0.3) is 0 Å². The molecule has 0 heterocycles. The number of carbonyl (C=O) groups excluding carboxylic acids is 1. The van der Waals surface area contributed by atoms with E-state index in [9.17, 15) is 4.79 Å². The Hall–Kier alpha value is -1.81. The van der Waals surface area contributed by atoms with Crippen LogP contribution in [-0.2, 0) is 4.79 Å². The van der Waals surface area contributed by atoms with Crippen LogP contribution in [0.1, 0.15) is 12.0 Å². The minimum Gasteiger partial charge on any atom is -0.496 e. The normalized spacial score (nSPS) is 10.6. The second kappa shape index (κ2) is 7.50. The molecule has 1 amide bonds. The summed E-state index contributed by atoms with van der Waals surface area (Å²) in [6.07, 6.45) is 3.83. The van der Waals surface area contributed by atoms with Crippen LogP contribution < -0.4 is 4.74 Å². The zero-order valence-corrected chi connectivity index (χ0v) is 10.8. The maximum absolute atomic E-state index is 11.7. The molecule has 0 radical (unpaired) electrons. The molecular formula is C14H19NO3. The smallest absolute Gasteiger partial charge is 0.246 e. The van der Waals surface area contributed by atoms with E-state index in [4.69, 9.17) is 9.84 Å². The predicted molar refractivity (Wildman–Crippen MR) is 71.4 cm³/mol. The van der Waals surface area contributed by atoms with Crippen LogP contribution in [0.2, 0.25) is 0 Å². The van der Waals surface area contributed by atoms with Crippen molar-refractivity contribution in [1.82, 2.24) is 4.90 Å². The van der Waals surface area contributed by atoms with E-state index >= 15 is 0 Å². The van der Waals surface area contributed by atoms with Crippen LogP contribution in [0.15, 0.2) is 30.3 Å². The van der Waals surface area contributed by atoms with Gasteiger partial charge < -0.3 is 14.7 Å². The Morgan fingerprint density at radius 1 is 1.44 bits per heavy atom. The molecule has 0 aliphatic carbocycles. The number of ether oxygens (including phenoxy) is 1. The van der Waals surface area contributed by atoms with Gasteiger partial charge in [-0.15, -0.1) is 0 Å². The lowest BCUT2D eigenvalue weighted by Gasteiger charge is -2.13. The van der Waals surface area contributed by atoms with Gasteiger partial charge in [-0.05, 0) is 18.6 Å². The van der Waals surface area contributed by atoms with E-state index in [0.29, 0.717) is 13.0 Å². The standard InChI is InChI=1S/C14H19NO3/c1-15(10-5-11-16)14(17)9-8-12-6-3-4-7-13(12)18-2/h3-4,6-9,16H,5,10-11H2,1-2H3/b9-8+. The molecule has 0 aliphatic heterocycles. The highest BCUT2D eigenvalue weighted by Gasteiger charge is 2.04. The molecule has 1 aromatic carbocycles. The Kier molecular flexibility index (Phi) is 5.94. The number of benzene rings is 1. The third kappa shape index (κ3) is 4.22. The molecule has 0 fully saturated rings. The van der Waals surface area contributed by atoms with Crippen molar-refractivity contribution in [3.05, 3.63) is 35.9 Å². The van der Waals surface area contributed by atoms with E-state index in [0.717, 1.165) is 11.3 Å². The molecule has 4 nitrogen and oxygen atoms in total. The third-order valence-electron chi connectivity index (χ3n) is 2.57. The molecular weight excluding hydrogens is 230 g/mol. The van der Waals surface area contributed by atoms with E-state index < -0.39 is 0 Å². The molecule has 0 unspecified atom stereocenters. The summed E-state index contributed by atoms with van der Waals surface area (Å²) in [6, 6.07) is 7.50. The molecule has 0 saturated heterocycles. The van der Waals surface area contributed by atoms with Crippen molar-refractivity contribution < 1.29 is 14.6 Å². The average Bonchev–Trinajstić information content (AvgIpc) is 2.42. The number of aliphatic hydroxyl groups is 1. The quantitative estimate of drug-likeness (QED) is 0.778. The molecule has 4 heteroatoms. The Morgan fingerprint density at radius 3 is 2.83 bits per heavy atom. The molecule has 18 heavy (non-hydrogen) atoms. The molecule has 0 saturated carbocycles.